The van der Waals surface area contributed by atoms with Crippen LogP contribution in [0.25, 0.3) is 11.3 Å². The number of aromatic nitrogens is 1. The molecule has 0 fully saturated rings. The van der Waals surface area contributed by atoms with E-state index in [0.717, 1.165) is 17.1 Å². The van der Waals surface area contributed by atoms with E-state index >= 15 is 0 Å². The Bertz CT molecular complexity index is 711. The van der Waals surface area contributed by atoms with Gasteiger partial charge in [0.15, 0.2) is 5.76 Å². The average molecular weight is 253 g/mol. The first-order valence-corrected chi connectivity index (χ1v) is 5.83. The summed E-state index contributed by atoms with van der Waals surface area (Å²) in [6, 6.07) is 18.3. The van der Waals surface area contributed by atoms with Crippen LogP contribution in [-0.4, -0.2) is 5.16 Å². The summed E-state index contributed by atoms with van der Waals surface area (Å²) in [5.41, 5.74) is 0.568. The van der Waals surface area contributed by atoms with Gasteiger partial charge in [0.25, 0.3) is 5.56 Å². The summed E-state index contributed by atoms with van der Waals surface area (Å²) in [7, 11) is 0. The molecule has 19 heavy (non-hydrogen) atoms. The van der Waals surface area contributed by atoms with Crippen LogP contribution in [0, 0.1) is 0 Å². The van der Waals surface area contributed by atoms with Gasteiger partial charge in [0.1, 0.15) is 11.5 Å². The first-order chi connectivity index (χ1) is 9.31. The van der Waals surface area contributed by atoms with E-state index < -0.39 is 0 Å². The first-order valence-electron chi connectivity index (χ1n) is 5.83. The fourth-order valence-corrected chi connectivity index (χ4v) is 1.74. The van der Waals surface area contributed by atoms with E-state index in [1.54, 1.807) is 0 Å². The molecule has 0 unspecified atom stereocenters. The lowest BCUT2D eigenvalue weighted by Gasteiger charge is -2.05. The predicted octanol–water partition coefficient (Wildman–Crippen LogP) is 3.43. The highest BCUT2D eigenvalue weighted by Gasteiger charge is 2.04. The van der Waals surface area contributed by atoms with Crippen LogP contribution in [-0.2, 0) is 0 Å². The number of hydrogen-bond acceptors (Lipinski definition) is 3. The van der Waals surface area contributed by atoms with Crippen molar-refractivity contribution in [3.05, 3.63) is 71.0 Å². The molecule has 2 aromatic carbocycles. The predicted molar refractivity (Wildman–Crippen MR) is 71.3 cm³/mol. The van der Waals surface area contributed by atoms with Gasteiger partial charge in [-0.3, -0.25) is 4.79 Å². The standard InChI is InChI=1S/C15H11NO3/c17-15-10-14(19-16-15)11-6-8-13(9-7-11)18-12-4-2-1-3-5-12/h1-10H,(H,16,17). The number of aromatic amines is 1. The molecular formula is C15H11NO3. The molecule has 0 saturated heterocycles. The minimum atomic E-state index is -0.250. The lowest BCUT2D eigenvalue weighted by molar-refractivity contribution is 0.425. The molecule has 1 aromatic heterocycles. The minimum absolute atomic E-state index is 0.250. The van der Waals surface area contributed by atoms with E-state index in [1.807, 2.05) is 54.6 Å². The summed E-state index contributed by atoms with van der Waals surface area (Å²) in [5.74, 6) is 2.02. The molecule has 0 atom stereocenters. The normalized spacial score (nSPS) is 10.3. The Kier molecular flexibility index (Phi) is 2.90. The van der Waals surface area contributed by atoms with Crippen molar-refractivity contribution in [1.29, 1.82) is 0 Å². The Balaban J connectivity index is 1.81. The SMILES string of the molecule is O=c1cc(-c2ccc(Oc3ccccc3)cc2)o[nH]1. The summed E-state index contributed by atoms with van der Waals surface area (Å²) in [6.07, 6.45) is 0. The third-order valence-electron chi connectivity index (χ3n) is 2.64. The van der Waals surface area contributed by atoms with Crippen molar-refractivity contribution >= 4 is 0 Å². The van der Waals surface area contributed by atoms with Crippen molar-refractivity contribution in [2.24, 2.45) is 0 Å². The van der Waals surface area contributed by atoms with Crippen LogP contribution in [0.3, 0.4) is 0 Å². The molecule has 94 valence electrons. The van der Waals surface area contributed by atoms with E-state index in [2.05, 4.69) is 5.16 Å². The van der Waals surface area contributed by atoms with E-state index in [-0.39, 0.29) is 5.56 Å². The number of nitrogens with one attached hydrogen (secondary N) is 1. The van der Waals surface area contributed by atoms with Crippen LogP contribution in [0.5, 0.6) is 11.5 Å². The van der Waals surface area contributed by atoms with Gasteiger partial charge in [0.05, 0.1) is 6.07 Å². The van der Waals surface area contributed by atoms with Crippen molar-refractivity contribution in [3.63, 3.8) is 0 Å². The highest BCUT2D eigenvalue weighted by Crippen LogP contribution is 2.24. The number of benzene rings is 2. The molecule has 0 aliphatic carbocycles. The summed E-state index contributed by atoms with van der Waals surface area (Å²) in [6.45, 7) is 0. The van der Waals surface area contributed by atoms with Gasteiger partial charge in [-0.1, -0.05) is 18.2 Å². The van der Waals surface area contributed by atoms with Crippen molar-refractivity contribution in [2.45, 2.75) is 0 Å². The Morgan fingerprint density at radius 1 is 0.895 bits per heavy atom. The molecule has 0 bridgehead atoms. The molecule has 0 aliphatic heterocycles. The van der Waals surface area contributed by atoms with Gasteiger partial charge in [-0.2, -0.15) is 5.16 Å². The zero-order valence-corrected chi connectivity index (χ0v) is 10.00. The van der Waals surface area contributed by atoms with Gasteiger partial charge in [0, 0.05) is 5.56 Å². The number of ether oxygens (including phenoxy) is 1. The molecule has 0 saturated carbocycles. The van der Waals surface area contributed by atoms with Crippen molar-refractivity contribution < 1.29 is 9.26 Å². The lowest BCUT2D eigenvalue weighted by Crippen LogP contribution is -1.92. The van der Waals surface area contributed by atoms with Crippen LogP contribution in [0.15, 0.2) is 70.0 Å². The Morgan fingerprint density at radius 3 is 2.21 bits per heavy atom. The molecule has 0 radical (unpaired) electrons. The minimum Gasteiger partial charge on any atom is -0.457 e. The largest absolute Gasteiger partial charge is 0.457 e. The van der Waals surface area contributed by atoms with Crippen LogP contribution < -0.4 is 10.3 Å². The van der Waals surface area contributed by atoms with E-state index in [4.69, 9.17) is 9.26 Å². The highest BCUT2D eigenvalue weighted by molar-refractivity contribution is 5.57. The van der Waals surface area contributed by atoms with Crippen molar-refractivity contribution in [2.75, 3.05) is 0 Å². The van der Waals surface area contributed by atoms with Crippen LogP contribution >= 0.6 is 0 Å². The van der Waals surface area contributed by atoms with Crippen molar-refractivity contribution in [3.8, 4) is 22.8 Å². The summed E-state index contributed by atoms with van der Waals surface area (Å²) >= 11 is 0. The zero-order valence-electron chi connectivity index (χ0n) is 10.00. The third kappa shape index (κ3) is 2.57. The second-order valence-electron chi connectivity index (χ2n) is 4.02. The van der Waals surface area contributed by atoms with Crippen LogP contribution in [0.2, 0.25) is 0 Å². The van der Waals surface area contributed by atoms with E-state index in [1.165, 1.54) is 6.07 Å². The number of hydrogen-bond donors (Lipinski definition) is 1. The molecule has 1 N–H and O–H groups in total. The smallest absolute Gasteiger partial charge is 0.280 e. The van der Waals surface area contributed by atoms with Gasteiger partial charge in [-0.05, 0) is 36.4 Å². The maximum absolute atomic E-state index is 11.0. The number of H-pyrrole nitrogens is 1. The topological polar surface area (TPSA) is 55.2 Å². The van der Waals surface area contributed by atoms with Crippen LogP contribution in [0.4, 0.5) is 0 Å². The summed E-state index contributed by atoms with van der Waals surface area (Å²) in [4.78, 5) is 11.0. The zero-order chi connectivity index (χ0) is 13.1. The van der Waals surface area contributed by atoms with Gasteiger partial charge in [0.2, 0.25) is 0 Å². The first kappa shape index (κ1) is 11.3. The molecule has 3 aromatic rings. The van der Waals surface area contributed by atoms with E-state index in [0.29, 0.717) is 5.76 Å². The van der Waals surface area contributed by atoms with E-state index in [9.17, 15) is 4.79 Å². The fourth-order valence-electron chi connectivity index (χ4n) is 1.74. The molecule has 0 aliphatic rings. The average Bonchev–Trinajstić information content (AvgIpc) is 2.87. The molecule has 4 heteroatoms. The maximum Gasteiger partial charge on any atom is 0.280 e. The maximum atomic E-state index is 11.0. The van der Waals surface area contributed by atoms with Crippen molar-refractivity contribution in [1.82, 2.24) is 5.16 Å². The van der Waals surface area contributed by atoms with Gasteiger partial charge in [-0.25, -0.2) is 0 Å². The number of para-hydroxylation sites is 1. The van der Waals surface area contributed by atoms with Crippen LogP contribution in [0.1, 0.15) is 0 Å². The molecule has 0 amide bonds. The summed E-state index contributed by atoms with van der Waals surface area (Å²) in [5, 5.41) is 2.26. The van der Waals surface area contributed by atoms with Gasteiger partial charge < -0.3 is 9.26 Å². The molecule has 0 spiro atoms. The highest BCUT2D eigenvalue weighted by atomic mass is 16.5. The Hall–Kier alpha value is -2.75. The monoisotopic (exact) mass is 253 g/mol. The molecule has 4 nitrogen and oxygen atoms in total. The quantitative estimate of drug-likeness (QED) is 0.778. The summed E-state index contributed by atoms with van der Waals surface area (Å²) < 4.78 is 10.7. The molecular weight excluding hydrogens is 242 g/mol. The molecule has 3 rings (SSSR count). The Labute approximate surface area is 109 Å². The lowest BCUT2D eigenvalue weighted by atomic mass is 10.2. The molecule has 1 heterocycles. The number of rotatable bonds is 3. The fraction of sp³-hybridized carbons (Fsp3) is 0. The third-order valence-corrected chi connectivity index (χ3v) is 2.64. The Morgan fingerprint density at radius 2 is 1.58 bits per heavy atom. The second-order valence-corrected chi connectivity index (χ2v) is 4.02. The van der Waals surface area contributed by atoms with Gasteiger partial charge >= 0.3 is 0 Å². The second kappa shape index (κ2) is 4.86. The van der Waals surface area contributed by atoms with Gasteiger partial charge in [-0.15, -0.1) is 0 Å².